The summed E-state index contributed by atoms with van der Waals surface area (Å²) in [7, 11) is 0. The maximum absolute atomic E-state index is 3.67. The van der Waals surface area contributed by atoms with Gasteiger partial charge in [-0.15, -0.1) is 0 Å². The summed E-state index contributed by atoms with van der Waals surface area (Å²) in [4.78, 5) is 0. The fraction of sp³-hybridized carbons (Fsp3) is 0.333. The highest BCUT2D eigenvalue weighted by Crippen LogP contribution is 2.35. The molecule has 0 aromatic heterocycles. The van der Waals surface area contributed by atoms with Crippen LogP contribution in [0.2, 0.25) is 0 Å². The Bertz CT molecular complexity index is 744. The Morgan fingerprint density at radius 1 is 1.05 bits per heavy atom. The van der Waals surface area contributed by atoms with Crippen LogP contribution < -0.4 is 5.32 Å². The third kappa shape index (κ3) is 3.00. The first-order chi connectivity index (χ1) is 10.5. The van der Waals surface area contributed by atoms with Gasteiger partial charge in [-0.25, -0.2) is 0 Å². The molecule has 1 heteroatoms. The molecular weight excluding hydrogens is 266 g/mol. The zero-order valence-electron chi connectivity index (χ0n) is 14.0. The van der Waals surface area contributed by atoms with E-state index in [1.165, 1.54) is 27.5 Å². The highest BCUT2D eigenvalue weighted by molar-refractivity contribution is 5.87. The summed E-state index contributed by atoms with van der Waals surface area (Å²) in [5.74, 6) is 0.418. The molecule has 1 aliphatic carbocycles. The van der Waals surface area contributed by atoms with Crippen molar-refractivity contribution in [3.05, 3.63) is 71.3 Å². The van der Waals surface area contributed by atoms with Gasteiger partial charge in [0.2, 0.25) is 0 Å². The van der Waals surface area contributed by atoms with Gasteiger partial charge >= 0.3 is 0 Å². The summed E-state index contributed by atoms with van der Waals surface area (Å²) in [6.45, 7) is 9.79. The van der Waals surface area contributed by atoms with Crippen LogP contribution in [-0.4, -0.2) is 5.54 Å². The van der Waals surface area contributed by atoms with Gasteiger partial charge in [0.15, 0.2) is 0 Å². The topological polar surface area (TPSA) is 12.0 Å². The van der Waals surface area contributed by atoms with E-state index >= 15 is 0 Å². The molecule has 1 aliphatic rings. The molecule has 0 amide bonds. The van der Waals surface area contributed by atoms with E-state index in [1.807, 2.05) is 0 Å². The zero-order valence-corrected chi connectivity index (χ0v) is 14.0. The Labute approximate surface area is 133 Å². The van der Waals surface area contributed by atoms with E-state index in [4.69, 9.17) is 0 Å². The van der Waals surface area contributed by atoms with Gasteiger partial charge in [0.05, 0.1) is 0 Å². The summed E-state index contributed by atoms with van der Waals surface area (Å²) in [5.41, 5.74) is 4.40. The van der Waals surface area contributed by atoms with Crippen molar-refractivity contribution >= 4 is 10.8 Å². The van der Waals surface area contributed by atoms with Crippen molar-refractivity contribution in [1.29, 1.82) is 0 Å². The van der Waals surface area contributed by atoms with Crippen molar-refractivity contribution in [3.8, 4) is 0 Å². The zero-order chi connectivity index (χ0) is 15.7. The average Bonchev–Trinajstić information content (AvgIpc) is 2.89. The van der Waals surface area contributed by atoms with E-state index < -0.39 is 0 Å². The Hall–Kier alpha value is -1.86. The largest absolute Gasteiger partial charge is 0.308 e. The normalized spacial score (nSPS) is 18.0. The highest BCUT2D eigenvalue weighted by Gasteiger charge is 2.19. The molecule has 3 rings (SSSR count). The fourth-order valence-electron chi connectivity index (χ4n) is 3.12. The Kier molecular flexibility index (Phi) is 3.92. The molecule has 0 radical (unpaired) electrons. The van der Waals surface area contributed by atoms with Gasteiger partial charge in [-0.3, -0.25) is 0 Å². The molecule has 1 atom stereocenters. The molecule has 2 aromatic carbocycles. The maximum atomic E-state index is 3.67. The van der Waals surface area contributed by atoms with Crippen LogP contribution in [0.15, 0.2) is 60.2 Å². The molecule has 22 heavy (non-hydrogen) atoms. The Balaban J connectivity index is 2.10. The quantitative estimate of drug-likeness (QED) is 0.806. The second-order valence-corrected chi connectivity index (χ2v) is 7.23. The standard InChI is InChI=1S/C21H25N/c1-15-8-7-11-17(15)19-13-12-16-9-5-6-10-18(16)20(19)14-22-21(2,3)4/h5-13,17,22H,14H2,1-4H3. The van der Waals surface area contributed by atoms with E-state index in [0.29, 0.717) is 5.92 Å². The molecular formula is C21H25N. The number of allylic oxidation sites excluding steroid dienone is 4. The molecule has 0 saturated carbocycles. The van der Waals surface area contributed by atoms with Crippen molar-refractivity contribution in [2.45, 2.75) is 45.7 Å². The first-order valence-electron chi connectivity index (χ1n) is 8.06. The summed E-state index contributed by atoms with van der Waals surface area (Å²) < 4.78 is 0. The lowest BCUT2D eigenvalue weighted by atomic mass is 9.87. The van der Waals surface area contributed by atoms with Crippen LogP contribution in [0.4, 0.5) is 0 Å². The van der Waals surface area contributed by atoms with Crippen LogP contribution in [0.3, 0.4) is 0 Å². The predicted molar refractivity (Wildman–Crippen MR) is 96.2 cm³/mol. The van der Waals surface area contributed by atoms with Crippen molar-refractivity contribution in [1.82, 2.24) is 5.32 Å². The SMILES string of the molecule is CC1=CC=CC1c1ccc2ccccc2c1CNC(C)(C)C. The van der Waals surface area contributed by atoms with Gasteiger partial charge in [-0.2, -0.15) is 0 Å². The summed E-state index contributed by atoms with van der Waals surface area (Å²) in [5, 5.41) is 6.35. The van der Waals surface area contributed by atoms with Crippen molar-refractivity contribution in [2.24, 2.45) is 0 Å². The molecule has 2 aromatic rings. The molecule has 0 spiro atoms. The number of nitrogens with one attached hydrogen (secondary N) is 1. The minimum Gasteiger partial charge on any atom is -0.308 e. The molecule has 0 fully saturated rings. The Morgan fingerprint density at radius 2 is 1.82 bits per heavy atom. The minimum atomic E-state index is 0.116. The monoisotopic (exact) mass is 291 g/mol. The van der Waals surface area contributed by atoms with E-state index in [2.05, 4.69) is 87.6 Å². The Morgan fingerprint density at radius 3 is 2.50 bits per heavy atom. The number of rotatable bonds is 3. The lowest BCUT2D eigenvalue weighted by molar-refractivity contribution is 0.424. The van der Waals surface area contributed by atoms with Gasteiger partial charge in [0.25, 0.3) is 0 Å². The van der Waals surface area contributed by atoms with Crippen molar-refractivity contribution in [2.75, 3.05) is 0 Å². The van der Waals surface area contributed by atoms with Crippen LogP contribution in [-0.2, 0) is 6.54 Å². The summed E-state index contributed by atoms with van der Waals surface area (Å²) >= 11 is 0. The van der Waals surface area contributed by atoms with E-state index in [0.717, 1.165) is 6.54 Å². The number of hydrogen-bond donors (Lipinski definition) is 1. The van der Waals surface area contributed by atoms with Gasteiger partial charge in [0.1, 0.15) is 0 Å². The summed E-state index contributed by atoms with van der Waals surface area (Å²) in [6, 6.07) is 13.3. The number of hydrogen-bond acceptors (Lipinski definition) is 1. The molecule has 1 nitrogen and oxygen atoms in total. The third-order valence-electron chi connectivity index (χ3n) is 4.36. The second kappa shape index (κ2) is 5.73. The lowest BCUT2D eigenvalue weighted by Crippen LogP contribution is -2.35. The molecule has 1 unspecified atom stereocenters. The molecule has 0 aliphatic heterocycles. The second-order valence-electron chi connectivity index (χ2n) is 7.23. The molecule has 0 heterocycles. The highest BCUT2D eigenvalue weighted by atomic mass is 14.9. The van der Waals surface area contributed by atoms with E-state index in [1.54, 1.807) is 0 Å². The maximum Gasteiger partial charge on any atom is 0.0235 e. The molecule has 1 N–H and O–H groups in total. The van der Waals surface area contributed by atoms with E-state index in [-0.39, 0.29) is 5.54 Å². The third-order valence-corrected chi connectivity index (χ3v) is 4.36. The van der Waals surface area contributed by atoms with Gasteiger partial charge in [-0.05, 0) is 49.6 Å². The average molecular weight is 291 g/mol. The molecule has 114 valence electrons. The van der Waals surface area contributed by atoms with Crippen LogP contribution in [0, 0.1) is 0 Å². The summed E-state index contributed by atoms with van der Waals surface area (Å²) in [6.07, 6.45) is 6.71. The predicted octanol–water partition coefficient (Wildman–Crippen LogP) is 5.33. The van der Waals surface area contributed by atoms with Crippen molar-refractivity contribution < 1.29 is 0 Å². The van der Waals surface area contributed by atoms with Crippen molar-refractivity contribution in [3.63, 3.8) is 0 Å². The molecule has 0 saturated heterocycles. The fourth-order valence-corrected chi connectivity index (χ4v) is 3.12. The van der Waals surface area contributed by atoms with Gasteiger partial charge in [-0.1, -0.05) is 60.2 Å². The van der Waals surface area contributed by atoms with Gasteiger partial charge < -0.3 is 5.32 Å². The first-order valence-corrected chi connectivity index (χ1v) is 8.06. The van der Waals surface area contributed by atoms with Crippen LogP contribution >= 0.6 is 0 Å². The smallest absolute Gasteiger partial charge is 0.0235 e. The van der Waals surface area contributed by atoms with Gasteiger partial charge in [0, 0.05) is 18.0 Å². The number of fused-ring (bicyclic) bond motifs is 1. The van der Waals surface area contributed by atoms with Crippen LogP contribution in [0.25, 0.3) is 10.8 Å². The molecule has 0 bridgehead atoms. The number of benzene rings is 2. The first kappa shape index (κ1) is 15.1. The van der Waals surface area contributed by atoms with E-state index in [9.17, 15) is 0 Å². The lowest BCUT2D eigenvalue weighted by Gasteiger charge is -2.24. The van der Waals surface area contributed by atoms with Crippen LogP contribution in [0.1, 0.15) is 44.7 Å². The van der Waals surface area contributed by atoms with Crippen LogP contribution in [0.5, 0.6) is 0 Å². The minimum absolute atomic E-state index is 0.116.